The van der Waals surface area contributed by atoms with E-state index in [0.717, 1.165) is 23.8 Å². The van der Waals surface area contributed by atoms with Gasteiger partial charge in [-0.1, -0.05) is 24.6 Å². The minimum Gasteiger partial charge on any atom is -0.504 e. The number of benzene rings is 1. The highest BCUT2D eigenvalue weighted by Crippen LogP contribution is 2.42. The van der Waals surface area contributed by atoms with Crippen molar-refractivity contribution in [3.63, 3.8) is 0 Å². The van der Waals surface area contributed by atoms with Crippen LogP contribution in [0.5, 0.6) is 5.75 Å². The fourth-order valence-corrected chi connectivity index (χ4v) is 6.89. The molecule has 0 spiro atoms. The Kier molecular flexibility index (Phi) is 8.50. The van der Waals surface area contributed by atoms with Crippen LogP contribution in [-0.4, -0.2) is 90.3 Å². The monoisotopic (exact) mass is 713 g/mol. The van der Waals surface area contributed by atoms with E-state index in [-0.39, 0.29) is 72.1 Å². The number of halogens is 4. The van der Waals surface area contributed by atoms with Crippen molar-refractivity contribution in [1.82, 2.24) is 34.0 Å². The predicted molar refractivity (Wildman–Crippen MR) is 174 cm³/mol. The number of rotatable bonds is 5. The third-order valence-electron chi connectivity index (χ3n) is 9.26. The molecule has 14 nitrogen and oxygen atoms in total. The number of aryl methyl sites for hydroxylation is 1. The molecule has 2 amide bonds. The smallest absolute Gasteiger partial charge is 0.416 e. The summed E-state index contributed by atoms with van der Waals surface area (Å²) in [5, 5.41) is 17.3. The molecule has 0 saturated carbocycles. The van der Waals surface area contributed by atoms with E-state index in [1.54, 1.807) is 11.5 Å². The Morgan fingerprint density at radius 1 is 1.14 bits per heavy atom. The fraction of sp³-hybridized carbons (Fsp3) is 0.406. The summed E-state index contributed by atoms with van der Waals surface area (Å²) in [6.45, 7) is 5.16. The topological polar surface area (TPSA) is 160 Å². The zero-order valence-corrected chi connectivity index (χ0v) is 27.6. The zero-order valence-electron chi connectivity index (χ0n) is 26.9. The number of hydrogen-bond donors (Lipinski definition) is 2. The second-order valence-corrected chi connectivity index (χ2v) is 12.8. The average Bonchev–Trinajstić information content (AvgIpc) is 3.69. The Balaban J connectivity index is 1.26. The highest BCUT2D eigenvalue weighted by atomic mass is 35.5. The third-order valence-corrected chi connectivity index (χ3v) is 9.57. The van der Waals surface area contributed by atoms with Gasteiger partial charge in [-0.15, -0.1) is 5.10 Å². The van der Waals surface area contributed by atoms with Gasteiger partial charge in [0.1, 0.15) is 18.1 Å². The van der Waals surface area contributed by atoms with Crippen molar-refractivity contribution < 1.29 is 32.6 Å². The largest absolute Gasteiger partial charge is 0.504 e. The van der Waals surface area contributed by atoms with Crippen LogP contribution < -0.4 is 15.8 Å². The first-order chi connectivity index (χ1) is 23.8. The molecule has 3 aliphatic rings. The van der Waals surface area contributed by atoms with Gasteiger partial charge in [-0.25, -0.2) is 9.97 Å². The Morgan fingerprint density at radius 3 is 2.58 bits per heavy atom. The quantitative estimate of drug-likeness (QED) is 0.311. The van der Waals surface area contributed by atoms with Gasteiger partial charge in [0.15, 0.2) is 17.3 Å². The van der Waals surface area contributed by atoms with Crippen LogP contribution in [0, 0.1) is 6.92 Å². The molecule has 7 rings (SSSR count). The van der Waals surface area contributed by atoms with Crippen molar-refractivity contribution in [2.24, 2.45) is 0 Å². The van der Waals surface area contributed by atoms with Gasteiger partial charge in [0.25, 0.3) is 11.5 Å². The van der Waals surface area contributed by atoms with Crippen molar-refractivity contribution >= 4 is 46.1 Å². The fourth-order valence-electron chi connectivity index (χ4n) is 6.66. The van der Waals surface area contributed by atoms with Gasteiger partial charge in [0, 0.05) is 32.1 Å². The Labute approximate surface area is 287 Å². The molecule has 1 fully saturated rings. The molecule has 1 saturated heterocycles. The van der Waals surface area contributed by atoms with E-state index in [9.17, 15) is 32.7 Å². The molecule has 0 radical (unpaired) electrons. The standard InChI is InChI=1S/C32H31ClF3N9O5/c1-16-13-22(28(47)39-21-4-3-19(14-20(21)33)32(34,35)36)44-24(16)25(30(49)45-31(44)40-27(41-45)18-5-11-50-12-6-18)42-7-9-43(10-8-42)29(48)23-26(46)17(2)37-15-38-23/h3-5,14-16,22,46H,6-13H2,1-2H3,(H,39,47)/t16-,22-/m1/s1. The number of carbonyl (C=O) groups is 2. The molecule has 3 aliphatic heterocycles. The zero-order chi connectivity index (χ0) is 35.5. The second kappa shape index (κ2) is 12.7. The summed E-state index contributed by atoms with van der Waals surface area (Å²) in [7, 11) is 0. The van der Waals surface area contributed by atoms with Gasteiger partial charge in [-0.05, 0) is 43.5 Å². The maximum atomic E-state index is 14.3. The summed E-state index contributed by atoms with van der Waals surface area (Å²) in [4.78, 5) is 57.4. The number of aromatic hydroxyl groups is 1. The number of ether oxygens (including phenoxy) is 1. The molecular weight excluding hydrogens is 683 g/mol. The van der Waals surface area contributed by atoms with Crippen molar-refractivity contribution in [2.75, 3.05) is 49.6 Å². The SMILES string of the molecule is Cc1ncnc(C(=O)N2CCN(c3c4n(c5nc(C6=CCOCC6)nn5c3=O)[C@@H](C(=O)Nc3ccc(C(F)(F)F)cc3Cl)C[C@H]4C)CC2)c1O. The molecule has 4 aromatic rings. The molecule has 1 aromatic carbocycles. The summed E-state index contributed by atoms with van der Waals surface area (Å²) in [6, 6.07) is 1.77. The van der Waals surface area contributed by atoms with E-state index in [4.69, 9.17) is 21.3 Å². The van der Waals surface area contributed by atoms with Crippen molar-refractivity contribution in [3.05, 3.63) is 74.4 Å². The number of carbonyl (C=O) groups excluding carboxylic acids is 2. The molecule has 50 heavy (non-hydrogen) atoms. The molecule has 6 heterocycles. The number of aromatic nitrogens is 6. The predicted octanol–water partition coefficient (Wildman–Crippen LogP) is 3.82. The number of piperazine rings is 1. The molecule has 0 aliphatic carbocycles. The highest BCUT2D eigenvalue weighted by Gasteiger charge is 2.41. The number of hydrogen-bond acceptors (Lipinski definition) is 10. The van der Waals surface area contributed by atoms with Crippen molar-refractivity contribution in [1.29, 1.82) is 0 Å². The van der Waals surface area contributed by atoms with E-state index < -0.39 is 35.2 Å². The lowest BCUT2D eigenvalue weighted by Gasteiger charge is -2.36. The summed E-state index contributed by atoms with van der Waals surface area (Å²) in [5.74, 6) is -1.19. The Morgan fingerprint density at radius 2 is 1.90 bits per heavy atom. The minimum atomic E-state index is -4.61. The molecule has 3 aromatic heterocycles. The van der Waals surface area contributed by atoms with Crippen LogP contribution in [0.2, 0.25) is 5.02 Å². The summed E-state index contributed by atoms with van der Waals surface area (Å²) in [5.41, 5.74) is 0.408. The first-order valence-corrected chi connectivity index (χ1v) is 16.3. The molecule has 0 bridgehead atoms. The van der Waals surface area contributed by atoms with Crippen molar-refractivity contribution in [2.45, 2.75) is 44.8 Å². The molecule has 2 N–H and O–H groups in total. The van der Waals surface area contributed by atoms with Gasteiger partial charge in [-0.2, -0.15) is 22.7 Å². The first-order valence-electron chi connectivity index (χ1n) is 15.9. The minimum absolute atomic E-state index is 0.00304. The second-order valence-electron chi connectivity index (χ2n) is 12.4. The van der Waals surface area contributed by atoms with Crippen LogP contribution in [0.3, 0.4) is 0 Å². The maximum absolute atomic E-state index is 14.3. The van der Waals surface area contributed by atoms with Gasteiger partial charge in [0.05, 0.1) is 40.9 Å². The van der Waals surface area contributed by atoms with Gasteiger partial charge in [-0.3, -0.25) is 19.0 Å². The normalized spacial score (nSPS) is 19.4. The molecule has 2 atom stereocenters. The van der Waals surface area contributed by atoms with Crippen LogP contribution in [0.15, 0.2) is 35.4 Å². The van der Waals surface area contributed by atoms with Crippen LogP contribution in [0.1, 0.15) is 65.0 Å². The van der Waals surface area contributed by atoms with Crippen LogP contribution in [0.4, 0.5) is 24.5 Å². The third kappa shape index (κ3) is 5.83. The summed E-state index contributed by atoms with van der Waals surface area (Å²) in [6.07, 6.45) is -0.795. The van der Waals surface area contributed by atoms with Gasteiger partial charge < -0.3 is 25.0 Å². The van der Waals surface area contributed by atoms with E-state index in [1.807, 2.05) is 17.9 Å². The lowest BCUT2D eigenvalue weighted by Crippen LogP contribution is -2.51. The highest BCUT2D eigenvalue weighted by molar-refractivity contribution is 6.33. The molecule has 18 heteroatoms. The Bertz CT molecular complexity index is 2120. The summed E-state index contributed by atoms with van der Waals surface area (Å²) >= 11 is 6.18. The van der Waals surface area contributed by atoms with E-state index >= 15 is 0 Å². The van der Waals surface area contributed by atoms with E-state index in [1.165, 1.54) is 15.7 Å². The molecular formula is C32H31ClF3N9O5. The lowest BCUT2D eigenvalue weighted by atomic mass is 10.0. The van der Waals surface area contributed by atoms with Gasteiger partial charge >= 0.3 is 6.18 Å². The van der Waals surface area contributed by atoms with Crippen LogP contribution in [0.25, 0.3) is 11.4 Å². The summed E-state index contributed by atoms with van der Waals surface area (Å²) < 4.78 is 48.0. The van der Waals surface area contributed by atoms with Gasteiger partial charge in [0.2, 0.25) is 11.7 Å². The van der Waals surface area contributed by atoms with Crippen LogP contribution in [-0.2, 0) is 15.7 Å². The number of nitrogens with zero attached hydrogens (tertiary/aromatic N) is 8. The van der Waals surface area contributed by atoms with E-state index in [0.29, 0.717) is 36.8 Å². The average molecular weight is 714 g/mol. The first kappa shape index (κ1) is 33.5. The lowest BCUT2D eigenvalue weighted by molar-refractivity contribution is -0.137. The molecule has 0 unspecified atom stereocenters. The van der Waals surface area contributed by atoms with E-state index in [2.05, 4.69) is 20.4 Å². The molecule has 262 valence electrons. The maximum Gasteiger partial charge on any atom is 0.416 e. The number of fused-ring (bicyclic) bond motifs is 3. The van der Waals surface area contributed by atoms with Crippen LogP contribution >= 0.6 is 11.6 Å². The van der Waals surface area contributed by atoms with Crippen molar-refractivity contribution in [3.8, 4) is 5.75 Å². The number of alkyl halides is 3. The Hall–Kier alpha value is -5.03. The number of nitrogens with one attached hydrogen (secondary N) is 1. The number of amides is 2. The number of anilines is 2.